The monoisotopic (exact) mass is 246 g/mol. The number of carbonyl (C=O) groups is 2. The van der Waals surface area contributed by atoms with Gasteiger partial charge in [-0.2, -0.15) is 0 Å². The van der Waals surface area contributed by atoms with Crippen LogP contribution >= 0.6 is 15.9 Å². The topological polar surface area (TPSA) is 52.6 Å². The van der Waals surface area contributed by atoms with Crippen LogP contribution in [-0.4, -0.2) is 31.1 Å². The average Bonchev–Trinajstić information content (AvgIpc) is 2.59. The molecule has 0 radical (unpaired) electrons. The van der Waals surface area contributed by atoms with Crippen LogP contribution in [-0.2, 0) is 19.1 Å². The van der Waals surface area contributed by atoms with Crippen molar-refractivity contribution in [3.05, 3.63) is 10.1 Å². The van der Waals surface area contributed by atoms with Gasteiger partial charge < -0.3 is 9.47 Å². The summed E-state index contributed by atoms with van der Waals surface area (Å²) in [6.45, 7) is 0. The van der Waals surface area contributed by atoms with Gasteiger partial charge >= 0.3 is 5.97 Å². The number of hydrogen-bond acceptors (Lipinski definition) is 4. The number of carbonyl (C=O) groups excluding carboxylic acids is 2. The normalized spacial score (nSPS) is 31.4. The van der Waals surface area contributed by atoms with Crippen LogP contribution in [0.15, 0.2) is 10.1 Å². The summed E-state index contributed by atoms with van der Waals surface area (Å²) in [7, 11) is 1.31. The number of hydrogen-bond donors (Lipinski definition) is 0. The predicted molar refractivity (Wildman–Crippen MR) is 46.3 cm³/mol. The maximum atomic E-state index is 11.2. The number of rotatable bonds is 1. The molecule has 1 fully saturated rings. The summed E-state index contributed by atoms with van der Waals surface area (Å²) in [5.74, 6) is -0.406. The van der Waals surface area contributed by atoms with Gasteiger partial charge in [-0.1, -0.05) is 15.9 Å². The number of Topliss-reactive ketones (excluding diaryl/α,β-unsaturated/α-hetero) is 1. The molecule has 0 amide bonds. The van der Waals surface area contributed by atoms with Crippen molar-refractivity contribution < 1.29 is 19.1 Å². The summed E-state index contributed by atoms with van der Waals surface area (Å²) < 4.78 is 10.4. The van der Waals surface area contributed by atoms with Gasteiger partial charge in [0.15, 0.2) is 5.78 Å². The fourth-order valence-corrected chi connectivity index (χ4v) is 2.36. The zero-order valence-corrected chi connectivity index (χ0v) is 8.46. The summed E-state index contributed by atoms with van der Waals surface area (Å²) >= 11 is 3.18. The van der Waals surface area contributed by atoms with E-state index < -0.39 is 18.2 Å². The second-order valence-electron chi connectivity index (χ2n) is 2.93. The van der Waals surface area contributed by atoms with Gasteiger partial charge in [0, 0.05) is 10.9 Å². The molecule has 0 aliphatic carbocycles. The van der Waals surface area contributed by atoms with E-state index in [0.717, 1.165) is 0 Å². The van der Waals surface area contributed by atoms with E-state index in [1.807, 2.05) is 0 Å². The van der Waals surface area contributed by atoms with Crippen LogP contribution < -0.4 is 0 Å². The van der Waals surface area contributed by atoms with Crippen molar-refractivity contribution in [1.29, 1.82) is 0 Å². The van der Waals surface area contributed by atoms with Crippen LogP contribution in [0.5, 0.6) is 0 Å². The van der Waals surface area contributed by atoms with Crippen molar-refractivity contribution in [2.45, 2.75) is 18.6 Å². The van der Waals surface area contributed by atoms with E-state index in [-0.39, 0.29) is 12.2 Å². The number of ketones is 1. The highest BCUT2D eigenvalue weighted by Crippen LogP contribution is 2.40. The van der Waals surface area contributed by atoms with Gasteiger partial charge in [-0.3, -0.25) is 4.79 Å². The number of ether oxygens (including phenoxy) is 2. The molecular formula is C8H7BrO4. The molecule has 0 aromatic rings. The molecule has 2 bridgehead atoms. The molecule has 2 aliphatic rings. The Morgan fingerprint density at radius 3 is 2.85 bits per heavy atom. The van der Waals surface area contributed by atoms with Gasteiger partial charge in [0.05, 0.1) is 18.8 Å². The standard InChI is InChI=1S/C8H7BrO4/c1-12-8(11)5-4-2-3(10)7(13-4)6(5)9/h4,7H,2H2,1H3. The molecule has 13 heavy (non-hydrogen) atoms. The molecular weight excluding hydrogens is 240 g/mol. The van der Waals surface area contributed by atoms with Gasteiger partial charge in [-0.25, -0.2) is 4.79 Å². The molecule has 1 saturated heterocycles. The van der Waals surface area contributed by atoms with Crippen LogP contribution in [0.3, 0.4) is 0 Å². The highest BCUT2D eigenvalue weighted by atomic mass is 79.9. The van der Waals surface area contributed by atoms with Gasteiger partial charge in [0.1, 0.15) is 6.10 Å². The Balaban J connectivity index is 2.35. The second-order valence-corrected chi connectivity index (χ2v) is 3.78. The largest absolute Gasteiger partial charge is 0.466 e. The van der Waals surface area contributed by atoms with Gasteiger partial charge in [-0.05, 0) is 0 Å². The van der Waals surface area contributed by atoms with Gasteiger partial charge in [0.2, 0.25) is 0 Å². The molecule has 0 spiro atoms. The van der Waals surface area contributed by atoms with Crippen LogP contribution in [0.1, 0.15) is 6.42 Å². The third-order valence-electron chi connectivity index (χ3n) is 2.19. The lowest BCUT2D eigenvalue weighted by molar-refractivity contribution is -0.137. The lowest BCUT2D eigenvalue weighted by Gasteiger charge is -2.09. The van der Waals surface area contributed by atoms with Crippen molar-refractivity contribution in [2.24, 2.45) is 0 Å². The van der Waals surface area contributed by atoms with Crippen LogP contribution in [0.4, 0.5) is 0 Å². The van der Waals surface area contributed by atoms with E-state index in [4.69, 9.17) is 4.74 Å². The van der Waals surface area contributed by atoms with E-state index >= 15 is 0 Å². The Morgan fingerprint density at radius 2 is 2.38 bits per heavy atom. The molecule has 2 aliphatic heterocycles. The van der Waals surface area contributed by atoms with E-state index in [0.29, 0.717) is 10.1 Å². The Bertz CT molecular complexity index is 320. The van der Waals surface area contributed by atoms with Gasteiger partial charge in [-0.15, -0.1) is 0 Å². The maximum absolute atomic E-state index is 11.2. The summed E-state index contributed by atoms with van der Waals surface area (Å²) in [6, 6.07) is 0. The van der Waals surface area contributed by atoms with Crippen molar-refractivity contribution in [2.75, 3.05) is 7.11 Å². The molecule has 2 rings (SSSR count). The second kappa shape index (κ2) is 2.92. The SMILES string of the molecule is COC(=O)C1=C(Br)C2OC1CC2=O. The summed E-state index contributed by atoms with van der Waals surface area (Å²) in [6.07, 6.45) is -0.692. The third kappa shape index (κ3) is 1.14. The zero-order valence-electron chi connectivity index (χ0n) is 6.87. The zero-order chi connectivity index (χ0) is 9.59. The van der Waals surface area contributed by atoms with Gasteiger partial charge in [0.25, 0.3) is 0 Å². The smallest absolute Gasteiger partial charge is 0.337 e. The Morgan fingerprint density at radius 1 is 1.69 bits per heavy atom. The molecule has 0 N–H and O–H groups in total. The van der Waals surface area contributed by atoms with Crippen molar-refractivity contribution in [3.63, 3.8) is 0 Å². The number of fused-ring (bicyclic) bond motifs is 2. The Hall–Kier alpha value is -0.680. The Kier molecular flexibility index (Phi) is 2.00. The van der Waals surface area contributed by atoms with Crippen LogP contribution in [0.25, 0.3) is 0 Å². The third-order valence-corrected chi connectivity index (χ3v) is 3.04. The highest BCUT2D eigenvalue weighted by Gasteiger charge is 2.48. The average molecular weight is 247 g/mol. The first-order valence-corrected chi connectivity index (χ1v) is 4.60. The maximum Gasteiger partial charge on any atom is 0.337 e. The molecule has 0 saturated carbocycles. The summed E-state index contributed by atoms with van der Waals surface area (Å²) in [5.41, 5.74) is 0.451. The van der Waals surface area contributed by atoms with Crippen LogP contribution in [0.2, 0.25) is 0 Å². The highest BCUT2D eigenvalue weighted by molar-refractivity contribution is 9.11. The Labute approximate surface area is 83.0 Å². The molecule has 4 nitrogen and oxygen atoms in total. The number of halogens is 1. The van der Waals surface area contributed by atoms with Crippen molar-refractivity contribution in [3.8, 4) is 0 Å². The van der Waals surface area contributed by atoms with E-state index in [1.165, 1.54) is 7.11 Å². The predicted octanol–water partition coefficient (Wildman–Crippen LogP) is 0.549. The van der Waals surface area contributed by atoms with Crippen LogP contribution in [0, 0.1) is 0 Å². The molecule has 70 valence electrons. The minimum Gasteiger partial charge on any atom is -0.466 e. The number of esters is 1. The summed E-state index contributed by atoms with van der Waals surface area (Å²) in [4.78, 5) is 22.4. The fraction of sp³-hybridized carbons (Fsp3) is 0.500. The fourth-order valence-electron chi connectivity index (χ4n) is 1.58. The van der Waals surface area contributed by atoms with Crippen molar-refractivity contribution >= 4 is 27.7 Å². The quantitative estimate of drug-likeness (QED) is 0.635. The lowest BCUT2D eigenvalue weighted by Crippen LogP contribution is -2.21. The first-order chi connectivity index (χ1) is 6.15. The molecule has 5 heteroatoms. The number of methoxy groups -OCH3 is 1. The summed E-state index contributed by atoms with van der Waals surface area (Å²) in [5, 5.41) is 0. The molecule has 2 atom stereocenters. The van der Waals surface area contributed by atoms with Crippen molar-refractivity contribution in [1.82, 2.24) is 0 Å². The van der Waals surface area contributed by atoms with E-state index in [1.54, 1.807) is 0 Å². The minimum absolute atomic E-state index is 0.0181. The first-order valence-electron chi connectivity index (χ1n) is 3.81. The first kappa shape index (κ1) is 8.90. The van der Waals surface area contributed by atoms with E-state index in [2.05, 4.69) is 20.7 Å². The molecule has 0 aromatic heterocycles. The molecule has 0 aromatic carbocycles. The van der Waals surface area contributed by atoms with E-state index in [9.17, 15) is 9.59 Å². The molecule has 2 unspecified atom stereocenters. The minimum atomic E-state index is -0.570. The molecule has 2 heterocycles. The lowest BCUT2D eigenvalue weighted by atomic mass is 9.98.